The summed E-state index contributed by atoms with van der Waals surface area (Å²) in [4.78, 5) is 0. The van der Waals surface area contributed by atoms with Crippen LogP contribution in [0.3, 0.4) is 0 Å². The Morgan fingerprint density at radius 2 is 2.33 bits per heavy atom. The number of aliphatic hydroxyl groups excluding tert-OH is 1. The molecule has 1 heterocycles. The summed E-state index contributed by atoms with van der Waals surface area (Å²) in [6.07, 6.45) is 1.99. The lowest BCUT2D eigenvalue weighted by Crippen LogP contribution is -2.24. The second-order valence-electron chi connectivity index (χ2n) is 2.79. The monoisotopic (exact) mass is 204 g/mol. The SMILES string of the molecule is CSc1cc(C(C)(O)CO)cs1. The van der Waals surface area contributed by atoms with Crippen LogP contribution < -0.4 is 0 Å². The fraction of sp³-hybridized carbons (Fsp3) is 0.500. The maximum Gasteiger partial charge on any atom is 0.111 e. The summed E-state index contributed by atoms with van der Waals surface area (Å²) in [5, 5.41) is 20.4. The summed E-state index contributed by atoms with van der Waals surface area (Å²) in [5.41, 5.74) is -0.302. The van der Waals surface area contributed by atoms with Crippen LogP contribution in [0.25, 0.3) is 0 Å². The third-order valence-electron chi connectivity index (χ3n) is 1.71. The Labute approximate surface area is 80.2 Å². The zero-order chi connectivity index (χ0) is 9.19. The molecule has 2 N–H and O–H groups in total. The molecule has 0 aliphatic carbocycles. The lowest BCUT2D eigenvalue weighted by atomic mass is 10.0. The largest absolute Gasteiger partial charge is 0.393 e. The fourth-order valence-corrected chi connectivity index (χ4v) is 2.33. The Kier molecular flexibility index (Phi) is 3.17. The molecule has 0 bridgehead atoms. The highest BCUT2D eigenvalue weighted by Crippen LogP contribution is 2.30. The molecule has 1 unspecified atom stereocenters. The Morgan fingerprint density at radius 3 is 2.75 bits per heavy atom. The maximum atomic E-state index is 9.65. The van der Waals surface area contributed by atoms with E-state index >= 15 is 0 Å². The van der Waals surface area contributed by atoms with Crippen LogP contribution in [0.2, 0.25) is 0 Å². The molecule has 0 saturated heterocycles. The number of hydrogen-bond acceptors (Lipinski definition) is 4. The van der Waals surface area contributed by atoms with E-state index in [1.165, 1.54) is 0 Å². The van der Waals surface area contributed by atoms with Gasteiger partial charge in [0.1, 0.15) is 5.60 Å². The van der Waals surface area contributed by atoms with Crippen LogP contribution in [0.15, 0.2) is 15.7 Å². The molecule has 1 aromatic rings. The molecular formula is C8H12O2S2. The quantitative estimate of drug-likeness (QED) is 0.736. The molecule has 0 aliphatic heterocycles. The van der Waals surface area contributed by atoms with Crippen molar-refractivity contribution in [3.8, 4) is 0 Å². The third kappa shape index (κ3) is 2.01. The minimum atomic E-state index is -1.09. The maximum absolute atomic E-state index is 9.65. The summed E-state index contributed by atoms with van der Waals surface area (Å²) >= 11 is 3.23. The lowest BCUT2D eigenvalue weighted by molar-refractivity contribution is -0.00203. The van der Waals surface area contributed by atoms with Crippen LogP contribution in [0.5, 0.6) is 0 Å². The molecule has 0 aliphatic rings. The molecule has 4 heteroatoms. The van der Waals surface area contributed by atoms with E-state index in [1.54, 1.807) is 30.0 Å². The van der Waals surface area contributed by atoms with Gasteiger partial charge in [-0.05, 0) is 30.2 Å². The smallest absolute Gasteiger partial charge is 0.111 e. The number of hydrogen-bond donors (Lipinski definition) is 2. The van der Waals surface area contributed by atoms with E-state index in [0.29, 0.717) is 0 Å². The molecule has 1 atom stereocenters. The van der Waals surface area contributed by atoms with Crippen molar-refractivity contribution < 1.29 is 10.2 Å². The molecular weight excluding hydrogens is 192 g/mol. The molecule has 2 nitrogen and oxygen atoms in total. The molecule has 0 radical (unpaired) electrons. The predicted octanol–water partition coefficient (Wildman–Crippen LogP) is 1.67. The molecule has 0 saturated carbocycles. The second kappa shape index (κ2) is 3.79. The van der Waals surface area contributed by atoms with Gasteiger partial charge in [-0.15, -0.1) is 23.1 Å². The normalized spacial score (nSPS) is 16.0. The van der Waals surface area contributed by atoms with Gasteiger partial charge in [-0.1, -0.05) is 0 Å². The first kappa shape index (κ1) is 10.1. The number of thioether (sulfide) groups is 1. The van der Waals surface area contributed by atoms with Gasteiger partial charge in [0.15, 0.2) is 0 Å². The van der Waals surface area contributed by atoms with Gasteiger partial charge < -0.3 is 10.2 Å². The first-order chi connectivity index (χ1) is 5.60. The van der Waals surface area contributed by atoms with Gasteiger partial charge in [0, 0.05) is 0 Å². The summed E-state index contributed by atoms with van der Waals surface area (Å²) in [6.45, 7) is 1.37. The van der Waals surface area contributed by atoms with Crippen LogP contribution in [0.1, 0.15) is 12.5 Å². The Balaban J connectivity index is 2.88. The molecule has 0 fully saturated rings. The summed E-state index contributed by atoms with van der Waals surface area (Å²) in [7, 11) is 0. The molecule has 0 amide bonds. The number of rotatable bonds is 3. The molecule has 1 aromatic heterocycles. The first-order valence-corrected chi connectivity index (χ1v) is 5.67. The van der Waals surface area contributed by atoms with Gasteiger partial charge in [-0.3, -0.25) is 0 Å². The second-order valence-corrected chi connectivity index (χ2v) is 4.81. The molecule has 68 valence electrons. The summed E-state index contributed by atoms with van der Waals surface area (Å²) < 4.78 is 1.15. The average Bonchev–Trinajstić information content (AvgIpc) is 2.52. The molecule has 12 heavy (non-hydrogen) atoms. The Bertz CT molecular complexity index is 255. The van der Waals surface area contributed by atoms with Gasteiger partial charge in [0.25, 0.3) is 0 Å². The van der Waals surface area contributed by atoms with Crippen molar-refractivity contribution in [2.45, 2.75) is 16.7 Å². The van der Waals surface area contributed by atoms with Crippen molar-refractivity contribution in [2.75, 3.05) is 12.9 Å². The van der Waals surface area contributed by atoms with Gasteiger partial charge in [-0.25, -0.2) is 0 Å². The average molecular weight is 204 g/mol. The van der Waals surface area contributed by atoms with E-state index in [4.69, 9.17) is 5.11 Å². The predicted molar refractivity (Wildman–Crippen MR) is 52.8 cm³/mol. The van der Waals surface area contributed by atoms with Crippen LogP contribution in [-0.2, 0) is 5.60 Å². The zero-order valence-corrected chi connectivity index (χ0v) is 8.71. The van der Waals surface area contributed by atoms with Crippen LogP contribution in [-0.4, -0.2) is 23.1 Å². The molecule has 1 rings (SSSR count). The van der Waals surface area contributed by atoms with E-state index in [2.05, 4.69) is 0 Å². The standard InChI is InChI=1S/C8H12O2S2/c1-8(10,5-9)6-3-7(11-2)12-4-6/h3-4,9-10H,5H2,1-2H3. The highest BCUT2D eigenvalue weighted by atomic mass is 32.2. The molecule has 0 aromatic carbocycles. The van der Waals surface area contributed by atoms with Crippen molar-refractivity contribution in [1.29, 1.82) is 0 Å². The van der Waals surface area contributed by atoms with Crippen LogP contribution in [0.4, 0.5) is 0 Å². The van der Waals surface area contributed by atoms with Crippen LogP contribution >= 0.6 is 23.1 Å². The first-order valence-electron chi connectivity index (χ1n) is 3.56. The minimum Gasteiger partial charge on any atom is -0.393 e. The molecule has 0 spiro atoms. The highest BCUT2D eigenvalue weighted by molar-refractivity contribution is 8.00. The topological polar surface area (TPSA) is 40.5 Å². The van der Waals surface area contributed by atoms with Gasteiger partial charge in [0.05, 0.1) is 10.8 Å². The van der Waals surface area contributed by atoms with E-state index in [1.807, 2.05) is 17.7 Å². The van der Waals surface area contributed by atoms with Crippen LogP contribution in [0, 0.1) is 0 Å². The number of aliphatic hydroxyl groups is 2. The summed E-state index contributed by atoms with van der Waals surface area (Å²) in [5.74, 6) is 0. The highest BCUT2D eigenvalue weighted by Gasteiger charge is 2.22. The van der Waals surface area contributed by atoms with E-state index in [0.717, 1.165) is 9.77 Å². The van der Waals surface area contributed by atoms with Crippen molar-refractivity contribution in [3.05, 3.63) is 17.0 Å². The lowest BCUT2D eigenvalue weighted by Gasteiger charge is -2.18. The zero-order valence-electron chi connectivity index (χ0n) is 7.07. The van der Waals surface area contributed by atoms with E-state index in [-0.39, 0.29) is 6.61 Å². The summed E-state index contributed by atoms with van der Waals surface area (Å²) in [6, 6.07) is 1.91. The van der Waals surface area contributed by atoms with E-state index in [9.17, 15) is 5.11 Å². The van der Waals surface area contributed by atoms with E-state index < -0.39 is 5.60 Å². The Morgan fingerprint density at radius 1 is 1.67 bits per heavy atom. The van der Waals surface area contributed by atoms with Crippen molar-refractivity contribution in [1.82, 2.24) is 0 Å². The fourth-order valence-electron chi connectivity index (χ4n) is 0.797. The van der Waals surface area contributed by atoms with Crippen molar-refractivity contribution in [2.24, 2.45) is 0 Å². The van der Waals surface area contributed by atoms with Crippen molar-refractivity contribution >= 4 is 23.1 Å². The van der Waals surface area contributed by atoms with Gasteiger partial charge in [-0.2, -0.15) is 0 Å². The minimum absolute atomic E-state index is 0.239. The third-order valence-corrected chi connectivity index (χ3v) is 3.74. The van der Waals surface area contributed by atoms with Crippen molar-refractivity contribution in [3.63, 3.8) is 0 Å². The van der Waals surface area contributed by atoms with Gasteiger partial charge >= 0.3 is 0 Å². The number of thiophene rings is 1. The van der Waals surface area contributed by atoms with Gasteiger partial charge in [0.2, 0.25) is 0 Å². The Hall–Kier alpha value is -0.0300.